The van der Waals surface area contributed by atoms with Gasteiger partial charge in [-0.1, -0.05) is 54.1 Å². The minimum atomic E-state index is -0.482. The molecule has 4 aromatic carbocycles. The van der Waals surface area contributed by atoms with Gasteiger partial charge in [-0.25, -0.2) is 0 Å². The quantitative estimate of drug-likeness (QED) is 0.0550. The van der Waals surface area contributed by atoms with Crippen LogP contribution in [-0.2, 0) is 25.6 Å². The van der Waals surface area contributed by atoms with E-state index >= 15 is 0 Å². The number of carbonyl (C=O) groups excluding carboxylic acids is 2. The van der Waals surface area contributed by atoms with Gasteiger partial charge in [-0.15, -0.1) is 33.1 Å². The molecule has 0 saturated carbocycles. The van der Waals surface area contributed by atoms with Crippen LogP contribution in [0.3, 0.4) is 0 Å². The van der Waals surface area contributed by atoms with Gasteiger partial charge in [-0.05, 0) is 99.0 Å². The first-order valence-corrected chi connectivity index (χ1v) is 21.9. The molecule has 0 aliphatic carbocycles. The Morgan fingerprint density at radius 3 is 2.15 bits per heavy atom. The van der Waals surface area contributed by atoms with Crippen molar-refractivity contribution in [2.75, 3.05) is 43.8 Å². The van der Waals surface area contributed by atoms with E-state index in [1.54, 1.807) is 16.2 Å². The van der Waals surface area contributed by atoms with Gasteiger partial charge in [0.25, 0.3) is 0 Å². The van der Waals surface area contributed by atoms with Crippen molar-refractivity contribution in [2.45, 2.75) is 52.6 Å². The zero-order chi connectivity index (χ0) is 42.7. The molecule has 1 aliphatic rings. The topological polar surface area (TPSA) is 117 Å². The second-order valence-electron chi connectivity index (χ2n) is 14.5. The number of thiophene rings is 1. The number of fused-ring (bicyclic) bond motifs is 3. The zero-order valence-corrected chi connectivity index (χ0v) is 36.6. The Morgan fingerprint density at radius 1 is 0.787 bits per heavy atom. The van der Waals surface area contributed by atoms with Crippen molar-refractivity contribution in [1.29, 1.82) is 0 Å². The van der Waals surface area contributed by atoms with Crippen LogP contribution in [0, 0.1) is 20.8 Å². The monoisotopic (exact) mass is 879 g/mol. The number of ketones is 1. The molecule has 3 heterocycles. The number of hydrogen-bond acceptors (Lipinski definition) is 10. The Hall–Kier alpha value is -5.37. The number of anilines is 1. The Kier molecular flexibility index (Phi) is 15.0. The van der Waals surface area contributed by atoms with Crippen LogP contribution in [0.5, 0.6) is 17.2 Å². The maximum atomic E-state index is 13.3. The summed E-state index contributed by atoms with van der Waals surface area (Å²) in [5.74, 6) is 3.21. The van der Waals surface area contributed by atoms with Crippen LogP contribution in [-0.4, -0.2) is 71.1 Å². The molecule has 316 valence electrons. The molecule has 7 rings (SSSR count). The van der Waals surface area contributed by atoms with Gasteiger partial charge in [0.1, 0.15) is 52.4 Å². The van der Waals surface area contributed by atoms with Crippen LogP contribution in [0.4, 0.5) is 5.69 Å². The van der Waals surface area contributed by atoms with Gasteiger partial charge in [-0.2, -0.15) is 0 Å². The number of aromatic nitrogens is 3. The highest BCUT2D eigenvalue weighted by molar-refractivity contribution is 7.15. The summed E-state index contributed by atoms with van der Waals surface area (Å²) >= 11 is 13.8. The zero-order valence-electron chi connectivity index (χ0n) is 34.3. The first kappa shape index (κ1) is 43.7. The lowest BCUT2D eigenvalue weighted by Crippen LogP contribution is -2.31. The Bertz CT molecular complexity index is 2440. The molecular weight excluding hydrogens is 834 g/mol. The van der Waals surface area contributed by atoms with Crippen molar-refractivity contribution in [2.24, 2.45) is 4.99 Å². The molecule has 61 heavy (non-hydrogen) atoms. The summed E-state index contributed by atoms with van der Waals surface area (Å²) in [7, 11) is 0. The maximum Gasteiger partial charge on any atom is 0.242 e. The van der Waals surface area contributed by atoms with Crippen LogP contribution < -0.4 is 14.4 Å². The van der Waals surface area contributed by atoms with Crippen LogP contribution in [0.25, 0.3) is 5.00 Å². The third kappa shape index (κ3) is 11.1. The van der Waals surface area contributed by atoms with Gasteiger partial charge in [0.2, 0.25) is 5.91 Å². The Balaban J connectivity index is 0.802. The summed E-state index contributed by atoms with van der Waals surface area (Å²) < 4.78 is 25.4. The normalized spacial score (nSPS) is 13.2. The second-order valence-corrected chi connectivity index (χ2v) is 16.4. The van der Waals surface area contributed by atoms with E-state index in [2.05, 4.69) is 28.6 Å². The average Bonchev–Trinajstić information content (AvgIpc) is 3.76. The molecule has 0 saturated heterocycles. The molecule has 2 aromatic heterocycles. The van der Waals surface area contributed by atoms with E-state index in [1.807, 2.05) is 110 Å². The summed E-state index contributed by atoms with van der Waals surface area (Å²) in [6.45, 7) is 8.61. The van der Waals surface area contributed by atoms with Crippen molar-refractivity contribution in [1.82, 2.24) is 14.8 Å². The van der Waals surface area contributed by atoms with Gasteiger partial charge in [0.05, 0.1) is 32.1 Å². The first-order chi connectivity index (χ1) is 29.7. The summed E-state index contributed by atoms with van der Waals surface area (Å²) in [6, 6.07) is 31.6. The van der Waals surface area contributed by atoms with Gasteiger partial charge in [-0.3, -0.25) is 19.1 Å². The molecule has 14 heteroatoms. The average molecular weight is 881 g/mol. The lowest BCUT2D eigenvalue weighted by molar-refractivity contribution is -0.120. The van der Waals surface area contributed by atoms with Crippen molar-refractivity contribution < 1.29 is 28.5 Å². The first-order valence-electron chi connectivity index (χ1n) is 20.1. The number of aryl methyl sites for hydroxylation is 2. The van der Waals surface area contributed by atoms with Crippen molar-refractivity contribution in [3.63, 3.8) is 0 Å². The SMILES string of the molecule is Cc1sc2c(c1C)C(c1ccc(Cl)cc1)=NC(CC(=O)CCCOCCOCCOc1ccc(Oc3ccc(N(Cc4ccccc4)C(=O)CCl)cc3)cc1)c1nnc(C)n1-2. The molecular formula is C47H47Cl2N5O6S. The number of nitrogens with zero attached hydrogens (tertiary/aromatic N) is 5. The molecule has 11 nitrogen and oxygen atoms in total. The largest absolute Gasteiger partial charge is 0.491 e. The van der Waals surface area contributed by atoms with E-state index in [4.69, 9.17) is 47.1 Å². The van der Waals surface area contributed by atoms with Gasteiger partial charge in [0.15, 0.2) is 5.82 Å². The number of benzene rings is 4. The fourth-order valence-corrected chi connectivity index (χ4v) is 8.44. The van der Waals surface area contributed by atoms with Crippen LogP contribution >= 0.6 is 34.5 Å². The van der Waals surface area contributed by atoms with Crippen molar-refractivity contribution in [3.05, 3.63) is 147 Å². The molecule has 1 amide bonds. The molecule has 0 N–H and O–H groups in total. The molecule has 1 aliphatic heterocycles. The van der Waals surface area contributed by atoms with Gasteiger partial charge < -0.3 is 23.8 Å². The molecule has 1 atom stereocenters. The highest BCUT2D eigenvalue weighted by atomic mass is 35.5. The van der Waals surface area contributed by atoms with E-state index < -0.39 is 6.04 Å². The standard InChI is InChI=1S/C47H47Cl2N5O6S/c1-31-32(2)61-47-44(31)45(35-11-13-36(49)14-12-35)50-42(46-52-51-33(3)54(46)47)28-38(55)10-7-23-57-24-25-58-26-27-59-39-19-21-41(22-20-39)60-40-17-15-37(16-18-40)53(43(56)29-48)30-34-8-5-4-6-9-34/h4-6,8-9,11-22,42H,7,10,23-30H2,1-3H3. The number of halogens is 2. The van der Waals surface area contributed by atoms with Crippen LogP contribution in [0.2, 0.25) is 5.02 Å². The number of aliphatic imine (C=N–C) groups is 1. The lowest BCUT2D eigenvalue weighted by atomic mass is 9.99. The van der Waals surface area contributed by atoms with Crippen LogP contribution in [0.15, 0.2) is 108 Å². The third-order valence-corrected chi connectivity index (χ3v) is 11.9. The van der Waals surface area contributed by atoms with E-state index in [1.165, 1.54) is 4.88 Å². The highest BCUT2D eigenvalue weighted by Crippen LogP contribution is 2.40. The number of amides is 1. The van der Waals surface area contributed by atoms with E-state index in [0.29, 0.717) is 80.5 Å². The predicted molar refractivity (Wildman–Crippen MR) is 241 cm³/mol. The fraction of sp³-hybridized carbons (Fsp3) is 0.298. The number of ether oxygens (including phenoxy) is 4. The van der Waals surface area contributed by atoms with E-state index in [9.17, 15) is 9.59 Å². The fourth-order valence-electron chi connectivity index (χ4n) is 6.96. The number of rotatable bonds is 20. The molecule has 0 bridgehead atoms. The summed E-state index contributed by atoms with van der Waals surface area (Å²) in [6.07, 6.45) is 1.17. The second kappa shape index (κ2) is 20.9. The number of carbonyl (C=O) groups is 2. The number of hydrogen-bond donors (Lipinski definition) is 0. The Morgan fingerprint density at radius 2 is 1.44 bits per heavy atom. The minimum absolute atomic E-state index is 0.0867. The summed E-state index contributed by atoms with van der Waals surface area (Å²) in [5.41, 5.74) is 5.71. The third-order valence-electron chi connectivity index (χ3n) is 10.2. The molecule has 6 aromatic rings. The van der Waals surface area contributed by atoms with Gasteiger partial charge >= 0.3 is 0 Å². The molecule has 0 spiro atoms. The van der Waals surface area contributed by atoms with Crippen molar-refractivity contribution >= 4 is 57.6 Å². The molecule has 0 fully saturated rings. The van der Waals surface area contributed by atoms with E-state index in [0.717, 1.165) is 44.5 Å². The van der Waals surface area contributed by atoms with Gasteiger partial charge in [0, 0.05) is 46.2 Å². The smallest absolute Gasteiger partial charge is 0.242 e. The number of Topliss-reactive ketones (excluding diaryl/α,β-unsaturated/α-hetero) is 1. The summed E-state index contributed by atoms with van der Waals surface area (Å²) in [4.78, 5) is 34.0. The maximum absolute atomic E-state index is 13.3. The highest BCUT2D eigenvalue weighted by Gasteiger charge is 2.32. The molecule has 1 unspecified atom stereocenters. The minimum Gasteiger partial charge on any atom is -0.491 e. The molecule has 0 radical (unpaired) electrons. The predicted octanol–water partition coefficient (Wildman–Crippen LogP) is 10.2. The van der Waals surface area contributed by atoms with E-state index in [-0.39, 0.29) is 24.0 Å². The van der Waals surface area contributed by atoms with Crippen molar-refractivity contribution in [3.8, 4) is 22.2 Å². The van der Waals surface area contributed by atoms with Crippen LogP contribution in [0.1, 0.15) is 64.1 Å². The number of alkyl halides is 1. The lowest BCUT2D eigenvalue weighted by Gasteiger charge is -2.22. The summed E-state index contributed by atoms with van der Waals surface area (Å²) in [5, 5.41) is 10.6. The Labute approximate surface area is 369 Å².